The van der Waals surface area contributed by atoms with Crippen LogP contribution in [0.25, 0.3) is 11.3 Å². The average Bonchev–Trinajstić information content (AvgIpc) is 3.36. The van der Waals surface area contributed by atoms with E-state index in [-0.39, 0.29) is 26.2 Å². The molecule has 1 atom stereocenters. The van der Waals surface area contributed by atoms with Crippen LogP contribution in [0.3, 0.4) is 0 Å². The van der Waals surface area contributed by atoms with Crippen molar-refractivity contribution in [2.24, 2.45) is 0 Å². The van der Waals surface area contributed by atoms with Crippen LogP contribution in [-0.4, -0.2) is 98.8 Å². The van der Waals surface area contributed by atoms with Gasteiger partial charge < -0.3 is 44.3 Å². The number of aliphatic hydroxyl groups is 1. The molecular weight excluding hydrogens is 674 g/mol. The van der Waals surface area contributed by atoms with Crippen LogP contribution in [0.5, 0.6) is 5.75 Å². The molecular formula is C37H59N5O10. The van der Waals surface area contributed by atoms with Crippen LogP contribution in [0, 0.1) is 0 Å². The number of nitrogens with one attached hydrogen (secondary N) is 2. The molecule has 2 rings (SSSR count). The molecule has 0 bridgehead atoms. The summed E-state index contributed by atoms with van der Waals surface area (Å²) >= 11 is 0. The van der Waals surface area contributed by atoms with E-state index in [9.17, 15) is 24.3 Å². The molecule has 0 saturated carbocycles. The Labute approximate surface area is 307 Å². The Morgan fingerprint density at radius 1 is 0.769 bits per heavy atom. The lowest BCUT2D eigenvalue weighted by Crippen LogP contribution is -2.42. The Balaban J connectivity index is 2.29. The number of nitrogens with zero attached hydrogens (tertiary/aromatic N) is 3. The highest BCUT2D eigenvalue weighted by molar-refractivity contribution is 5.75. The molecule has 0 spiro atoms. The lowest BCUT2D eigenvalue weighted by atomic mass is 10.1. The second kappa shape index (κ2) is 18.3. The maximum absolute atomic E-state index is 13.4. The third kappa shape index (κ3) is 17.6. The van der Waals surface area contributed by atoms with Gasteiger partial charge in [-0.25, -0.2) is 19.2 Å². The molecule has 2 aromatic rings. The molecule has 15 nitrogen and oxygen atoms in total. The van der Waals surface area contributed by atoms with Gasteiger partial charge in [0.2, 0.25) is 0 Å². The van der Waals surface area contributed by atoms with Crippen molar-refractivity contribution in [3.8, 4) is 17.0 Å². The van der Waals surface area contributed by atoms with Gasteiger partial charge in [0.1, 0.15) is 34.8 Å². The van der Waals surface area contributed by atoms with Gasteiger partial charge in [-0.3, -0.25) is 4.68 Å². The van der Waals surface area contributed by atoms with E-state index in [1.54, 1.807) is 112 Å². The van der Waals surface area contributed by atoms with Crippen LogP contribution >= 0.6 is 0 Å². The summed E-state index contributed by atoms with van der Waals surface area (Å²) in [6, 6.07) is 8.80. The number of carbonyl (C=O) groups excluding carboxylic acids is 4. The number of hydrogen-bond acceptors (Lipinski definition) is 11. The topological polar surface area (TPSA) is 180 Å². The van der Waals surface area contributed by atoms with Crippen molar-refractivity contribution < 1.29 is 48.0 Å². The van der Waals surface area contributed by atoms with Crippen molar-refractivity contribution >= 4 is 24.2 Å². The highest BCUT2D eigenvalue weighted by Gasteiger charge is 2.26. The first-order valence-electron chi connectivity index (χ1n) is 17.4. The quantitative estimate of drug-likeness (QED) is 0.121. The number of alkyl carbamates (subject to hydrolysis) is 2. The van der Waals surface area contributed by atoms with Crippen LogP contribution in [0.4, 0.5) is 14.4 Å². The van der Waals surface area contributed by atoms with Crippen LogP contribution < -0.4 is 15.4 Å². The molecule has 3 N–H and O–H groups in total. The van der Waals surface area contributed by atoms with Crippen molar-refractivity contribution in [2.75, 3.05) is 26.2 Å². The minimum atomic E-state index is -1.45. The van der Waals surface area contributed by atoms with Crippen molar-refractivity contribution in [3.63, 3.8) is 0 Å². The van der Waals surface area contributed by atoms with Gasteiger partial charge in [-0.15, -0.1) is 0 Å². The van der Waals surface area contributed by atoms with Gasteiger partial charge in [0.15, 0.2) is 6.10 Å². The second-order valence-corrected chi connectivity index (χ2v) is 16.2. The Kier molecular flexibility index (Phi) is 15.4. The van der Waals surface area contributed by atoms with Gasteiger partial charge in [0.05, 0.1) is 17.9 Å². The Bertz CT molecular complexity index is 1480. The SMILES string of the molecule is CC(C)(C)OC(=O)NCCCn1nc(-c2ccc(OC[C@@H](O)C(=O)OC(C)(C)C)cc2)cc1CN(CCNC(=O)OC(C)(C)C)C(=O)OC(C)(C)C. The first-order chi connectivity index (χ1) is 23.8. The number of benzene rings is 1. The predicted molar refractivity (Wildman–Crippen MR) is 195 cm³/mol. The molecule has 0 unspecified atom stereocenters. The molecule has 1 aromatic heterocycles. The van der Waals surface area contributed by atoms with Crippen molar-refractivity contribution in [2.45, 2.75) is 131 Å². The maximum atomic E-state index is 13.4. The van der Waals surface area contributed by atoms with Crippen molar-refractivity contribution in [1.82, 2.24) is 25.3 Å². The van der Waals surface area contributed by atoms with Gasteiger partial charge in [-0.05, 0) is 120 Å². The molecule has 0 radical (unpaired) electrons. The van der Waals surface area contributed by atoms with Crippen LogP contribution in [0.15, 0.2) is 30.3 Å². The highest BCUT2D eigenvalue weighted by Crippen LogP contribution is 2.24. The fourth-order valence-electron chi connectivity index (χ4n) is 4.35. The van der Waals surface area contributed by atoms with Gasteiger partial charge in [-0.1, -0.05) is 0 Å². The molecule has 0 aliphatic rings. The van der Waals surface area contributed by atoms with E-state index in [2.05, 4.69) is 10.6 Å². The summed E-state index contributed by atoms with van der Waals surface area (Å²) in [6.07, 6.45) is -2.65. The summed E-state index contributed by atoms with van der Waals surface area (Å²) < 4.78 is 28.9. The number of carbonyl (C=O) groups is 4. The predicted octanol–water partition coefficient (Wildman–Crippen LogP) is 5.81. The lowest BCUT2D eigenvalue weighted by Gasteiger charge is -2.28. The minimum absolute atomic E-state index is 0.0984. The summed E-state index contributed by atoms with van der Waals surface area (Å²) in [7, 11) is 0. The molecule has 52 heavy (non-hydrogen) atoms. The van der Waals surface area contributed by atoms with E-state index in [0.29, 0.717) is 36.6 Å². The summed E-state index contributed by atoms with van der Waals surface area (Å²) in [4.78, 5) is 51.4. The van der Waals surface area contributed by atoms with E-state index in [1.807, 2.05) is 6.07 Å². The van der Waals surface area contributed by atoms with E-state index < -0.39 is 52.8 Å². The zero-order chi connectivity index (χ0) is 39.5. The van der Waals surface area contributed by atoms with Crippen LogP contribution in [0.2, 0.25) is 0 Å². The third-order valence-corrected chi connectivity index (χ3v) is 6.37. The van der Waals surface area contributed by atoms with Gasteiger partial charge in [0.25, 0.3) is 0 Å². The third-order valence-electron chi connectivity index (χ3n) is 6.37. The number of ether oxygens (including phenoxy) is 5. The fraction of sp³-hybridized carbons (Fsp3) is 0.649. The molecule has 15 heteroatoms. The summed E-state index contributed by atoms with van der Waals surface area (Å²) in [5, 5.41) is 20.4. The monoisotopic (exact) mass is 733 g/mol. The Morgan fingerprint density at radius 3 is 1.81 bits per heavy atom. The standard InChI is InChI=1S/C37H59N5O10/c1-34(2,3)49-30(44)29(43)24-48-27-16-14-25(15-17-27)28-22-26(42(40-28)20-13-18-38-31(45)50-35(4,5)6)23-41(33(47)52-37(10,11)12)21-19-39-32(46)51-36(7,8)9/h14-17,22,29,43H,13,18-21,23-24H2,1-12H3,(H,38,45)(H,39,46)/t29-/m1/s1. The van der Waals surface area contributed by atoms with Crippen LogP contribution in [-0.2, 0) is 36.8 Å². The molecule has 0 aliphatic carbocycles. The molecule has 0 aliphatic heterocycles. The largest absolute Gasteiger partial charge is 0.490 e. The number of hydrogen-bond donors (Lipinski definition) is 3. The van der Waals surface area contributed by atoms with E-state index in [4.69, 9.17) is 28.8 Å². The molecule has 1 aromatic carbocycles. The van der Waals surface area contributed by atoms with Crippen molar-refractivity contribution in [1.29, 1.82) is 0 Å². The van der Waals surface area contributed by atoms with Gasteiger partial charge >= 0.3 is 24.2 Å². The highest BCUT2D eigenvalue weighted by atomic mass is 16.6. The molecule has 3 amide bonds. The fourth-order valence-corrected chi connectivity index (χ4v) is 4.35. The second-order valence-electron chi connectivity index (χ2n) is 16.2. The molecule has 1 heterocycles. The number of aliphatic hydroxyl groups excluding tert-OH is 1. The first kappa shape index (κ1) is 43.6. The van der Waals surface area contributed by atoms with Crippen LogP contribution in [0.1, 0.15) is 95.2 Å². The number of rotatable bonds is 14. The number of esters is 1. The molecule has 0 saturated heterocycles. The zero-order valence-corrected chi connectivity index (χ0v) is 32.9. The van der Waals surface area contributed by atoms with E-state index in [1.165, 1.54) is 4.90 Å². The number of amides is 3. The Morgan fingerprint density at radius 2 is 1.29 bits per heavy atom. The molecule has 0 fully saturated rings. The van der Waals surface area contributed by atoms with Crippen molar-refractivity contribution in [3.05, 3.63) is 36.0 Å². The smallest absolute Gasteiger partial charge is 0.410 e. The van der Waals surface area contributed by atoms with E-state index >= 15 is 0 Å². The average molecular weight is 734 g/mol. The lowest BCUT2D eigenvalue weighted by molar-refractivity contribution is -0.166. The first-order valence-corrected chi connectivity index (χ1v) is 17.4. The summed E-state index contributed by atoms with van der Waals surface area (Å²) in [5.74, 6) is -0.350. The Hall–Kier alpha value is -4.53. The van der Waals surface area contributed by atoms with E-state index in [0.717, 1.165) is 5.56 Å². The van der Waals surface area contributed by atoms with Gasteiger partial charge in [-0.2, -0.15) is 5.10 Å². The number of aryl methyl sites for hydroxylation is 1. The minimum Gasteiger partial charge on any atom is -0.490 e. The zero-order valence-electron chi connectivity index (χ0n) is 32.9. The summed E-state index contributed by atoms with van der Waals surface area (Å²) in [5.41, 5.74) is -0.792. The summed E-state index contributed by atoms with van der Waals surface area (Å²) in [6.45, 7) is 21.9. The normalized spacial score (nSPS) is 12.7. The number of aromatic nitrogens is 2. The van der Waals surface area contributed by atoms with Gasteiger partial charge in [0, 0.05) is 31.7 Å². The molecule has 292 valence electrons. The maximum Gasteiger partial charge on any atom is 0.410 e.